The number of benzene rings is 2. The molecule has 2 aromatic carbocycles. The lowest BCUT2D eigenvalue weighted by Gasteiger charge is -2.12. The minimum Gasteiger partial charge on any atom is -0.493 e. The zero-order valence-corrected chi connectivity index (χ0v) is 18.7. The molecule has 0 atom stereocenters. The molecule has 0 radical (unpaired) electrons. The molecular weight excluding hydrogens is 454 g/mol. The summed E-state index contributed by atoms with van der Waals surface area (Å²) in [4.78, 5) is 26.8. The van der Waals surface area contributed by atoms with Crippen molar-refractivity contribution in [3.05, 3.63) is 63.0 Å². The Morgan fingerprint density at radius 1 is 1.14 bits per heavy atom. The lowest BCUT2D eigenvalue weighted by Crippen LogP contribution is -2.29. The molecule has 0 unspecified atom stereocenters. The smallest absolute Gasteiger partial charge is 0.293 e. The number of carbonyl (C=O) groups is 2. The molecule has 1 aliphatic rings. The average molecular weight is 476 g/mol. The van der Waals surface area contributed by atoms with E-state index in [1.165, 1.54) is 10.5 Å². The van der Waals surface area contributed by atoms with Crippen molar-refractivity contribution in [3.8, 4) is 11.5 Å². The van der Waals surface area contributed by atoms with E-state index in [1.54, 1.807) is 25.3 Å². The molecule has 3 rings (SSSR count). The fourth-order valence-corrected chi connectivity index (χ4v) is 4.30. The molecule has 152 valence electrons. The van der Waals surface area contributed by atoms with Gasteiger partial charge in [-0.05, 0) is 60.9 Å². The van der Waals surface area contributed by atoms with Gasteiger partial charge in [-0.2, -0.15) is 0 Å². The second-order valence-electron chi connectivity index (χ2n) is 6.38. The Kier molecular flexibility index (Phi) is 7.39. The highest BCUT2D eigenvalue weighted by molar-refractivity contribution is 9.10. The van der Waals surface area contributed by atoms with E-state index < -0.39 is 0 Å². The van der Waals surface area contributed by atoms with E-state index in [0.717, 1.165) is 34.6 Å². The maximum Gasteiger partial charge on any atom is 0.293 e. The van der Waals surface area contributed by atoms with Gasteiger partial charge in [0.15, 0.2) is 11.5 Å². The summed E-state index contributed by atoms with van der Waals surface area (Å²) >= 11 is 4.47. The minimum absolute atomic E-state index is 0.232. The standard InChI is InChI=1S/C22H22BrNO4S/c1-3-28-19-12-16(17(23)14-18(19)27-2)13-20-21(25)24(22(26)29-20)11-7-10-15-8-5-4-6-9-15/h4-6,8-9,12-14H,3,7,10-11H2,1-2H3/b20-13+. The third-order valence-corrected chi connectivity index (χ3v) is 6.03. The van der Waals surface area contributed by atoms with E-state index in [9.17, 15) is 9.59 Å². The first kappa shape index (κ1) is 21.5. The first-order valence-corrected chi connectivity index (χ1v) is 10.9. The monoisotopic (exact) mass is 475 g/mol. The number of hydrogen-bond donors (Lipinski definition) is 0. The van der Waals surface area contributed by atoms with Crippen LogP contribution in [0, 0.1) is 0 Å². The quantitative estimate of drug-likeness (QED) is 0.470. The summed E-state index contributed by atoms with van der Waals surface area (Å²) in [6.45, 7) is 2.79. The minimum atomic E-state index is -0.256. The number of aryl methyl sites for hydroxylation is 1. The predicted octanol–water partition coefficient (Wildman–Crippen LogP) is 5.53. The van der Waals surface area contributed by atoms with Crippen molar-refractivity contribution in [2.75, 3.05) is 20.3 Å². The zero-order valence-electron chi connectivity index (χ0n) is 16.3. The molecule has 2 amide bonds. The van der Waals surface area contributed by atoms with Gasteiger partial charge >= 0.3 is 0 Å². The van der Waals surface area contributed by atoms with E-state index in [1.807, 2.05) is 37.3 Å². The van der Waals surface area contributed by atoms with Crippen molar-refractivity contribution in [1.29, 1.82) is 0 Å². The first-order valence-electron chi connectivity index (χ1n) is 9.33. The highest BCUT2D eigenvalue weighted by Crippen LogP contribution is 2.38. The summed E-state index contributed by atoms with van der Waals surface area (Å²) in [5, 5.41) is -0.232. The molecule has 1 aliphatic heterocycles. The number of nitrogens with zero attached hydrogens (tertiary/aromatic N) is 1. The summed E-state index contributed by atoms with van der Waals surface area (Å²) in [5.41, 5.74) is 1.95. The molecule has 0 saturated carbocycles. The van der Waals surface area contributed by atoms with Gasteiger partial charge < -0.3 is 9.47 Å². The average Bonchev–Trinajstić information content (AvgIpc) is 2.98. The molecule has 1 saturated heterocycles. The van der Waals surface area contributed by atoms with E-state index >= 15 is 0 Å². The number of ether oxygens (including phenoxy) is 2. The number of halogens is 1. The molecule has 29 heavy (non-hydrogen) atoms. The number of methoxy groups -OCH3 is 1. The molecule has 0 N–H and O–H groups in total. The van der Waals surface area contributed by atoms with Crippen LogP contribution in [-0.2, 0) is 11.2 Å². The van der Waals surface area contributed by atoms with Gasteiger partial charge in [0.1, 0.15) is 0 Å². The van der Waals surface area contributed by atoms with Crippen LogP contribution in [0.15, 0.2) is 51.8 Å². The maximum atomic E-state index is 12.8. The Bertz CT molecular complexity index is 930. The summed E-state index contributed by atoms with van der Waals surface area (Å²) < 4.78 is 11.7. The van der Waals surface area contributed by atoms with E-state index in [0.29, 0.717) is 29.6 Å². The van der Waals surface area contributed by atoms with Gasteiger partial charge in [-0.15, -0.1) is 0 Å². The summed E-state index contributed by atoms with van der Waals surface area (Å²) in [6.07, 6.45) is 3.27. The Morgan fingerprint density at radius 2 is 1.90 bits per heavy atom. The van der Waals surface area contributed by atoms with Gasteiger partial charge in [-0.1, -0.05) is 46.3 Å². The second kappa shape index (κ2) is 9.98. The highest BCUT2D eigenvalue weighted by Gasteiger charge is 2.34. The number of amides is 2. The topological polar surface area (TPSA) is 55.8 Å². The van der Waals surface area contributed by atoms with Crippen molar-refractivity contribution >= 4 is 44.9 Å². The lowest BCUT2D eigenvalue weighted by molar-refractivity contribution is -0.122. The third kappa shape index (κ3) is 5.22. The zero-order chi connectivity index (χ0) is 20.8. The van der Waals surface area contributed by atoms with E-state index in [2.05, 4.69) is 15.9 Å². The second-order valence-corrected chi connectivity index (χ2v) is 8.23. The summed E-state index contributed by atoms with van der Waals surface area (Å²) in [7, 11) is 1.57. The molecule has 7 heteroatoms. The van der Waals surface area contributed by atoms with Crippen LogP contribution in [0.4, 0.5) is 4.79 Å². The Balaban J connectivity index is 1.73. The van der Waals surface area contributed by atoms with Crippen LogP contribution in [-0.4, -0.2) is 36.3 Å². The predicted molar refractivity (Wildman–Crippen MR) is 119 cm³/mol. The van der Waals surface area contributed by atoms with Crippen molar-refractivity contribution in [2.45, 2.75) is 19.8 Å². The number of thioether (sulfide) groups is 1. The molecule has 1 fully saturated rings. The molecule has 5 nitrogen and oxygen atoms in total. The maximum absolute atomic E-state index is 12.8. The first-order chi connectivity index (χ1) is 14.0. The van der Waals surface area contributed by atoms with Crippen molar-refractivity contribution in [3.63, 3.8) is 0 Å². The van der Waals surface area contributed by atoms with Crippen molar-refractivity contribution in [2.24, 2.45) is 0 Å². The molecule has 0 aromatic heterocycles. The number of imide groups is 1. The van der Waals surface area contributed by atoms with Gasteiger partial charge in [-0.25, -0.2) is 0 Å². The van der Waals surface area contributed by atoms with Gasteiger partial charge in [0.2, 0.25) is 0 Å². The Hall–Kier alpha value is -2.25. The van der Waals surface area contributed by atoms with Crippen LogP contribution >= 0.6 is 27.7 Å². The molecule has 2 aromatic rings. The van der Waals surface area contributed by atoms with Gasteiger partial charge in [0.25, 0.3) is 11.1 Å². The number of hydrogen-bond acceptors (Lipinski definition) is 5. The normalized spacial score (nSPS) is 15.3. The van der Waals surface area contributed by atoms with Crippen LogP contribution in [0.5, 0.6) is 11.5 Å². The highest BCUT2D eigenvalue weighted by atomic mass is 79.9. The van der Waals surface area contributed by atoms with Crippen molar-refractivity contribution < 1.29 is 19.1 Å². The molecular formula is C22H22BrNO4S. The van der Waals surface area contributed by atoms with Crippen LogP contribution in [0.3, 0.4) is 0 Å². The van der Waals surface area contributed by atoms with E-state index in [4.69, 9.17) is 9.47 Å². The summed E-state index contributed by atoms with van der Waals surface area (Å²) in [6, 6.07) is 13.6. The lowest BCUT2D eigenvalue weighted by atomic mass is 10.1. The van der Waals surface area contributed by atoms with E-state index in [-0.39, 0.29) is 11.1 Å². The Labute approximate surface area is 183 Å². The van der Waals surface area contributed by atoms with Gasteiger partial charge in [0, 0.05) is 11.0 Å². The van der Waals surface area contributed by atoms with Gasteiger partial charge in [-0.3, -0.25) is 14.5 Å². The molecule has 0 spiro atoms. The van der Waals surface area contributed by atoms with Crippen molar-refractivity contribution in [1.82, 2.24) is 4.90 Å². The molecule has 0 bridgehead atoms. The molecule has 0 aliphatic carbocycles. The number of carbonyl (C=O) groups excluding carboxylic acids is 2. The third-order valence-electron chi connectivity index (χ3n) is 4.43. The van der Waals surface area contributed by atoms with Gasteiger partial charge in [0.05, 0.1) is 18.6 Å². The summed E-state index contributed by atoms with van der Waals surface area (Å²) in [5.74, 6) is 0.935. The fraction of sp³-hybridized carbons (Fsp3) is 0.273. The van der Waals surface area contributed by atoms with Crippen LogP contribution in [0.1, 0.15) is 24.5 Å². The largest absolute Gasteiger partial charge is 0.493 e. The fourth-order valence-electron chi connectivity index (χ4n) is 3.01. The van der Waals surface area contributed by atoms with Crippen LogP contribution < -0.4 is 9.47 Å². The SMILES string of the molecule is CCOc1cc(/C=C2/SC(=O)N(CCCc3ccccc3)C2=O)c(Br)cc1OC. The molecule has 1 heterocycles. The van der Waals surface area contributed by atoms with Crippen LogP contribution in [0.2, 0.25) is 0 Å². The van der Waals surface area contributed by atoms with Crippen LogP contribution in [0.25, 0.3) is 6.08 Å². The Morgan fingerprint density at radius 3 is 2.59 bits per heavy atom. The number of rotatable bonds is 8.